The molecule has 3 N–H and O–H groups in total. The molecule has 0 bridgehead atoms. The van der Waals surface area contributed by atoms with E-state index in [9.17, 15) is 9.59 Å². The Hall–Kier alpha value is -1.10. The molecule has 1 rings (SSSR count). The molecule has 2 atom stereocenters. The lowest BCUT2D eigenvalue weighted by molar-refractivity contribution is -0.142. The lowest BCUT2D eigenvalue weighted by Crippen LogP contribution is -2.54. The topological polar surface area (TPSA) is 75.4 Å². The summed E-state index contributed by atoms with van der Waals surface area (Å²) in [7, 11) is 0. The van der Waals surface area contributed by atoms with E-state index >= 15 is 0 Å². The van der Waals surface area contributed by atoms with Crippen molar-refractivity contribution in [2.45, 2.75) is 38.8 Å². The molecule has 5 nitrogen and oxygen atoms in total. The number of nitrogens with zero attached hydrogens (tertiary/aromatic N) is 1. The molecule has 1 heterocycles. The van der Waals surface area contributed by atoms with Crippen LogP contribution in [0.2, 0.25) is 0 Å². The highest BCUT2D eigenvalue weighted by molar-refractivity contribution is 5.87. The van der Waals surface area contributed by atoms with Gasteiger partial charge in [-0.2, -0.15) is 0 Å². The van der Waals surface area contributed by atoms with Gasteiger partial charge in [0.25, 0.3) is 0 Å². The van der Waals surface area contributed by atoms with E-state index in [1.165, 1.54) is 0 Å². The van der Waals surface area contributed by atoms with Crippen molar-refractivity contribution in [2.24, 2.45) is 5.73 Å². The average molecular weight is 213 g/mol. The van der Waals surface area contributed by atoms with Gasteiger partial charge in [0.2, 0.25) is 11.8 Å². The number of likely N-dealkylation sites (tertiary alicyclic amines) is 1. The van der Waals surface area contributed by atoms with Gasteiger partial charge in [-0.05, 0) is 20.3 Å². The molecular weight excluding hydrogens is 194 g/mol. The van der Waals surface area contributed by atoms with Crippen LogP contribution in [0, 0.1) is 0 Å². The van der Waals surface area contributed by atoms with Crippen LogP contribution in [0.25, 0.3) is 0 Å². The molecule has 0 spiro atoms. The van der Waals surface area contributed by atoms with E-state index in [0.717, 1.165) is 6.42 Å². The maximum absolute atomic E-state index is 11.6. The summed E-state index contributed by atoms with van der Waals surface area (Å²) in [6.45, 7) is 4.66. The Morgan fingerprint density at radius 2 is 2.40 bits per heavy atom. The van der Waals surface area contributed by atoms with E-state index in [1.54, 1.807) is 11.8 Å². The third-order valence-corrected chi connectivity index (χ3v) is 2.68. The quantitative estimate of drug-likeness (QED) is 0.661. The Morgan fingerprint density at radius 3 is 3.00 bits per heavy atom. The van der Waals surface area contributed by atoms with Crippen molar-refractivity contribution in [2.75, 3.05) is 13.1 Å². The van der Waals surface area contributed by atoms with Crippen LogP contribution in [0.3, 0.4) is 0 Å². The monoisotopic (exact) mass is 213 g/mol. The zero-order chi connectivity index (χ0) is 11.4. The molecule has 5 heteroatoms. The number of nitrogens with two attached hydrogens (primary N) is 1. The predicted molar refractivity (Wildman–Crippen MR) is 57.1 cm³/mol. The number of rotatable bonds is 3. The third-order valence-electron chi connectivity index (χ3n) is 2.68. The van der Waals surface area contributed by atoms with E-state index in [1.807, 2.05) is 6.92 Å². The molecule has 86 valence electrons. The summed E-state index contributed by atoms with van der Waals surface area (Å²) in [5.41, 5.74) is 5.77. The Morgan fingerprint density at radius 1 is 1.73 bits per heavy atom. The number of piperidine rings is 1. The van der Waals surface area contributed by atoms with Gasteiger partial charge in [0.05, 0.1) is 0 Å². The van der Waals surface area contributed by atoms with Gasteiger partial charge >= 0.3 is 0 Å². The highest BCUT2D eigenvalue weighted by Crippen LogP contribution is 2.13. The average Bonchev–Trinajstić information content (AvgIpc) is 2.21. The maximum Gasteiger partial charge on any atom is 0.242 e. The minimum atomic E-state index is -0.413. The first-order valence-electron chi connectivity index (χ1n) is 5.39. The van der Waals surface area contributed by atoms with Gasteiger partial charge < -0.3 is 16.0 Å². The summed E-state index contributed by atoms with van der Waals surface area (Å²) in [6.07, 6.45) is 1.17. The summed E-state index contributed by atoms with van der Waals surface area (Å²) < 4.78 is 0. The van der Waals surface area contributed by atoms with Crippen LogP contribution >= 0.6 is 0 Å². The minimum Gasteiger partial charge on any atom is -0.355 e. The normalized spacial score (nSPS) is 23.8. The highest BCUT2D eigenvalue weighted by Gasteiger charge is 2.30. The largest absolute Gasteiger partial charge is 0.355 e. The zero-order valence-corrected chi connectivity index (χ0v) is 9.32. The molecule has 1 saturated heterocycles. The molecule has 2 amide bonds. The van der Waals surface area contributed by atoms with E-state index in [0.29, 0.717) is 19.5 Å². The molecule has 0 unspecified atom stereocenters. The van der Waals surface area contributed by atoms with Gasteiger partial charge in [0.15, 0.2) is 0 Å². The van der Waals surface area contributed by atoms with Crippen LogP contribution in [-0.2, 0) is 9.59 Å². The third kappa shape index (κ3) is 2.92. The smallest absolute Gasteiger partial charge is 0.242 e. The van der Waals surface area contributed by atoms with Gasteiger partial charge in [-0.15, -0.1) is 0 Å². The van der Waals surface area contributed by atoms with E-state index in [-0.39, 0.29) is 17.9 Å². The first kappa shape index (κ1) is 12.0. The second-order valence-electron chi connectivity index (χ2n) is 3.92. The summed E-state index contributed by atoms with van der Waals surface area (Å²) in [5, 5.41) is 2.70. The molecule has 0 aliphatic carbocycles. The van der Waals surface area contributed by atoms with Crippen molar-refractivity contribution in [3.8, 4) is 0 Å². The summed E-state index contributed by atoms with van der Waals surface area (Å²) in [6, 6.07) is -0.414. The lowest BCUT2D eigenvalue weighted by Gasteiger charge is -2.34. The number of carbonyl (C=O) groups excluding carboxylic acids is 2. The Kier molecular flexibility index (Phi) is 4.08. The van der Waals surface area contributed by atoms with E-state index in [2.05, 4.69) is 5.32 Å². The number of likely N-dealkylation sites (N-methyl/N-ethyl adjacent to an activating group) is 1. The molecule has 1 fully saturated rings. The van der Waals surface area contributed by atoms with Crippen molar-refractivity contribution in [1.82, 2.24) is 10.2 Å². The van der Waals surface area contributed by atoms with Crippen molar-refractivity contribution in [3.63, 3.8) is 0 Å². The van der Waals surface area contributed by atoms with Gasteiger partial charge in [-0.25, -0.2) is 0 Å². The van der Waals surface area contributed by atoms with Crippen LogP contribution in [0.1, 0.15) is 26.7 Å². The van der Waals surface area contributed by atoms with E-state index < -0.39 is 6.04 Å². The number of hydrogen-bond donors (Lipinski definition) is 2. The van der Waals surface area contributed by atoms with Gasteiger partial charge in [-0.1, -0.05) is 0 Å². The zero-order valence-electron chi connectivity index (χ0n) is 9.32. The minimum absolute atomic E-state index is 0.000392. The fourth-order valence-electron chi connectivity index (χ4n) is 1.74. The van der Waals surface area contributed by atoms with Gasteiger partial charge in [0.1, 0.15) is 6.04 Å². The summed E-state index contributed by atoms with van der Waals surface area (Å²) in [4.78, 5) is 24.7. The molecule has 0 aromatic carbocycles. The van der Waals surface area contributed by atoms with Crippen LogP contribution in [0.5, 0.6) is 0 Å². The number of nitrogens with one attached hydrogen (secondary N) is 1. The number of carbonyl (C=O) groups is 2. The first-order chi connectivity index (χ1) is 7.06. The molecular formula is C10H19N3O2. The fourth-order valence-corrected chi connectivity index (χ4v) is 1.74. The van der Waals surface area contributed by atoms with Crippen LogP contribution in [0.15, 0.2) is 0 Å². The van der Waals surface area contributed by atoms with Crippen molar-refractivity contribution in [1.29, 1.82) is 0 Å². The molecule has 15 heavy (non-hydrogen) atoms. The number of hydrogen-bond acceptors (Lipinski definition) is 3. The lowest BCUT2D eigenvalue weighted by atomic mass is 10.0. The van der Waals surface area contributed by atoms with Gasteiger partial charge in [-0.3, -0.25) is 9.59 Å². The maximum atomic E-state index is 11.6. The Balaban J connectivity index is 2.60. The Labute approximate surface area is 90.0 Å². The first-order valence-corrected chi connectivity index (χ1v) is 5.39. The second kappa shape index (κ2) is 5.11. The summed E-state index contributed by atoms with van der Waals surface area (Å²) in [5.74, 6) is -0.0876. The SMILES string of the molecule is CCNC(=O)[C@@H](C)N1C[C@H](N)CCC1=O. The molecule has 0 radical (unpaired) electrons. The van der Waals surface area contributed by atoms with Crippen molar-refractivity contribution < 1.29 is 9.59 Å². The molecule has 1 aliphatic heterocycles. The fraction of sp³-hybridized carbons (Fsp3) is 0.800. The molecule has 0 aromatic heterocycles. The molecule has 0 aromatic rings. The second-order valence-corrected chi connectivity index (χ2v) is 3.92. The van der Waals surface area contributed by atoms with Crippen LogP contribution in [-0.4, -0.2) is 41.9 Å². The van der Waals surface area contributed by atoms with Crippen molar-refractivity contribution in [3.05, 3.63) is 0 Å². The molecule has 1 aliphatic rings. The molecule has 0 saturated carbocycles. The van der Waals surface area contributed by atoms with Crippen LogP contribution < -0.4 is 11.1 Å². The standard InChI is InChI=1S/C10H19N3O2/c1-3-12-10(15)7(2)13-6-8(11)4-5-9(13)14/h7-8H,3-6,11H2,1-2H3,(H,12,15)/t7-,8-/m1/s1. The van der Waals surface area contributed by atoms with E-state index in [4.69, 9.17) is 5.73 Å². The Bertz CT molecular complexity index is 255. The highest BCUT2D eigenvalue weighted by atomic mass is 16.2. The van der Waals surface area contributed by atoms with Crippen LogP contribution in [0.4, 0.5) is 0 Å². The van der Waals surface area contributed by atoms with Crippen molar-refractivity contribution >= 4 is 11.8 Å². The number of amides is 2. The predicted octanol–water partition coefficient (Wildman–Crippen LogP) is -0.539. The van der Waals surface area contributed by atoms with Gasteiger partial charge in [0, 0.05) is 25.6 Å². The summed E-state index contributed by atoms with van der Waals surface area (Å²) >= 11 is 0.